The van der Waals surface area contributed by atoms with Gasteiger partial charge in [0, 0.05) is 30.2 Å². The largest absolute Gasteiger partial charge is 0.451 e. The van der Waals surface area contributed by atoms with Crippen molar-refractivity contribution < 1.29 is 14.0 Å². The van der Waals surface area contributed by atoms with Gasteiger partial charge >= 0.3 is 0 Å². The molecule has 6 heteroatoms. The molecule has 4 rings (SSSR count). The van der Waals surface area contributed by atoms with Gasteiger partial charge in [-0.1, -0.05) is 30.3 Å². The molecule has 2 heterocycles. The quantitative estimate of drug-likeness (QED) is 0.731. The molecule has 144 valence electrons. The number of carbonyl (C=O) groups is 2. The third-order valence-corrected chi connectivity index (χ3v) is 5.03. The average molecular weight is 377 g/mol. The van der Waals surface area contributed by atoms with Crippen molar-refractivity contribution in [3.63, 3.8) is 0 Å². The number of amides is 2. The number of hydrogen-bond donors (Lipinski definition) is 2. The van der Waals surface area contributed by atoms with Crippen LogP contribution in [0, 0.1) is 0 Å². The predicted molar refractivity (Wildman–Crippen MR) is 108 cm³/mol. The van der Waals surface area contributed by atoms with Crippen LogP contribution >= 0.6 is 0 Å². The van der Waals surface area contributed by atoms with Crippen molar-refractivity contribution >= 4 is 28.5 Å². The van der Waals surface area contributed by atoms with Crippen LogP contribution in [0.5, 0.6) is 0 Å². The van der Waals surface area contributed by atoms with E-state index in [1.54, 1.807) is 18.2 Å². The van der Waals surface area contributed by atoms with Gasteiger partial charge in [0.15, 0.2) is 5.76 Å². The Kier molecular flexibility index (Phi) is 5.12. The lowest BCUT2D eigenvalue weighted by Crippen LogP contribution is -2.46. The van der Waals surface area contributed by atoms with Crippen LogP contribution < -0.4 is 11.1 Å². The number of likely N-dealkylation sites (tertiary alicyclic amines) is 1. The van der Waals surface area contributed by atoms with Crippen molar-refractivity contribution in [2.24, 2.45) is 5.73 Å². The van der Waals surface area contributed by atoms with E-state index in [4.69, 9.17) is 10.2 Å². The molecule has 1 atom stereocenters. The molecule has 2 amide bonds. The van der Waals surface area contributed by atoms with Crippen LogP contribution in [0.15, 0.2) is 59.0 Å². The summed E-state index contributed by atoms with van der Waals surface area (Å²) >= 11 is 0. The summed E-state index contributed by atoms with van der Waals surface area (Å²) in [7, 11) is 0. The van der Waals surface area contributed by atoms with E-state index in [9.17, 15) is 9.59 Å². The first-order chi connectivity index (χ1) is 13.6. The smallest absolute Gasteiger partial charge is 0.291 e. The standard InChI is InChI=1S/C22H23N3O3/c23-17-5-3-11-25(14-17)21(26)12-15-7-9-18(10-8-15)24-22(27)20-13-16-4-1-2-6-19(16)28-20/h1-2,4,6-10,13,17H,3,5,11-12,14,23H2,(H,24,27). The fourth-order valence-electron chi connectivity index (χ4n) is 3.52. The Bertz CT molecular complexity index is 961. The van der Waals surface area contributed by atoms with E-state index in [0.29, 0.717) is 24.2 Å². The summed E-state index contributed by atoms with van der Waals surface area (Å²) in [6.07, 6.45) is 2.27. The minimum atomic E-state index is -0.303. The van der Waals surface area contributed by atoms with Crippen LogP contribution in [0.1, 0.15) is 29.0 Å². The second-order valence-electron chi connectivity index (χ2n) is 7.22. The van der Waals surface area contributed by atoms with E-state index in [1.807, 2.05) is 41.3 Å². The van der Waals surface area contributed by atoms with E-state index >= 15 is 0 Å². The number of nitrogens with one attached hydrogen (secondary N) is 1. The molecular formula is C22H23N3O3. The minimum absolute atomic E-state index is 0.0773. The molecule has 2 aromatic carbocycles. The van der Waals surface area contributed by atoms with Gasteiger partial charge in [0.05, 0.1) is 6.42 Å². The number of fused-ring (bicyclic) bond motifs is 1. The molecule has 1 aliphatic rings. The lowest BCUT2D eigenvalue weighted by Gasteiger charge is -2.30. The van der Waals surface area contributed by atoms with Crippen molar-refractivity contribution in [3.8, 4) is 0 Å². The van der Waals surface area contributed by atoms with Gasteiger partial charge in [0.25, 0.3) is 5.91 Å². The number of nitrogens with two attached hydrogens (primary N) is 1. The van der Waals surface area contributed by atoms with Gasteiger partial charge in [-0.15, -0.1) is 0 Å². The third kappa shape index (κ3) is 4.07. The number of anilines is 1. The zero-order valence-corrected chi connectivity index (χ0v) is 15.6. The van der Waals surface area contributed by atoms with Gasteiger partial charge in [0.2, 0.25) is 5.91 Å². The van der Waals surface area contributed by atoms with Gasteiger partial charge < -0.3 is 20.4 Å². The molecule has 0 radical (unpaired) electrons. The van der Waals surface area contributed by atoms with Crippen LogP contribution in [0.4, 0.5) is 5.69 Å². The van der Waals surface area contributed by atoms with Crippen molar-refractivity contribution in [1.29, 1.82) is 0 Å². The zero-order chi connectivity index (χ0) is 19.5. The molecule has 0 bridgehead atoms. The van der Waals surface area contributed by atoms with Crippen LogP contribution in [0.2, 0.25) is 0 Å². The fourth-order valence-corrected chi connectivity index (χ4v) is 3.52. The van der Waals surface area contributed by atoms with Crippen molar-refractivity contribution in [2.75, 3.05) is 18.4 Å². The molecule has 1 saturated heterocycles. The van der Waals surface area contributed by atoms with Crippen molar-refractivity contribution in [3.05, 3.63) is 65.9 Å². The second kappa shape index (κ2) is 7.86. The summed E-state index contributed by atoms with van der Waals surface area (Å²) in [5.74, 6) is 0.0541. The summed E-state index contributed by atoms with van der Waals surface area (Å²) in [5, 5.41) is 3.71. The Hall–Kier alpha value is -3.12. The van der Waals surface area contributed by atoms with E-state index in [1.165, 1.54) is 0 Å². The van der Waals surface area contributed by atoms with E-state index in [-0.39, 0.29) is 23.6 Å². The molecule has 1 fully saturated rings. The molecule has 6 nitrogen and oxygen atoms in total. The van der Waals surface area contributed by atoms with Gasteiger partial charge in [0.1, 0.15) is 5.58 Å². The van der Waals surface area contributed by atoms with Crippen LogP contribution in [0.3, 0.4) is 0 Å². The highest BCUT2D eigenvalue weighted by atomic mass is 16.3. The predicted octanol–water partition coefficient (Wildman–Crippen LogP) is 3.18. The summed E-state index contributed by atoms with van der Waals surface area (Å²) in [5.41, 5.74) is 8.20. The highest BCUT2D eigenvalue weighted by Crippen LogP contribution is 2.20. The maximum Gasteiger partial charge on any atom is 0.291 e. The van der Waals surface area contributed by atoms with E-state index in [0.717, 1.165) is 30.3 Å². The number of nitrogens with zero attached hydrogens (tertiary/aromatic N) is 1. The van der Waals surface area contributed by atoms with E-state index < -0.39 is 0 Å². The van der Waals surface area contributed by atoms with Crippen molar-refractivity contribution in [2.45, 2.75) is 25.3 Å². The number of hydrogen-bond acceptors (Lipinski definition) is 4. The molecule has 1 aliphatic heterocycles. The number of rotatable bonds is 4. The van der Waals surface area contributed by atoms with Gasteiger partial charge in [-0.2, -0.15) is 0 Å². The van der Waals surface area contributed by atoms with E-state index in [2.05, 4.69) is 5.32 Å². The molecule has 1 aromatic heterocycles. The Labute approximate surface area is 163 Å². The lowest BCUT2D eigenvalue weighted by molar-refractivity contribution is -0.131. The molecular weight excluding hydrogens is 354 g/mol. The van der Waals surface area contributed by atoms with Gasteiger partial charge in [-0.25, -0.2) is 0 Å². The topological polar surface area (TPSA) is 88.6 Å². The minimum Gasteiger partial charge on any atom is -0.451 e. The van der Waals surface area contributed by atoms with Crippen LogP contribution in [-0.4, -0.2) is 35.8 Å². The molecule has 0 saturated carbocycles. The summed E-state index contributed by atoms with van der Waals surface area (Å²) in [4.78, 5) is 26.7. The summed E-state index contributed by atoms with van der Waals surface area (Å²) in [6.45, 7) is 1.41. The molecule has 28 heavy (non-hydrogen) atoms. The number of furan rings is 1. The number of benzene rings is 2. The number of piperidine rings is 1. The molecule has 0 aliphatic carbocycles. The Balaban J connectivity index is 1.37. The normalized spacial score (nSPS) is 16.9. The maximum atomic E-state index is 12.4. The van der Waals surface area contributed by atoms with Crippen molar-refractivity contribution in [1.82, 2.24) is 4.90 Å². The monoisotopic (exact) mass is 377 g/mol. The Morgan fingerprint density at radius 3 is 2.68 bits per heavy atom. The molecule has 1 unspecified atom stereocenters. The summed E-state index contributed by atoms with van der Waals surface area (Å²) < 4.78 is 5.58. The SMILES string of the molecule is NC1CCCN(C(=O)Cc2ccc(NC(=O)c3cc4ccccc4o3)cc2)C1. The molecule has 3 N–H and O–H groups in total. The Morgan fingerprint density at radius 2 is 1.93 bits per heavy atom. The van der Waals surface area contributed by atoms with Crippen LogP contribution in [0.25, 0.3) is 11.0 Å². The highest BCUT2D eigenvalue weighted by Gasteiger charge is 2.21. The van der Waals surface area contributed by atoms with Crippen LogP contribution in [-0.2, 0) is 11.2 Å². The highest BCUT2D eigenvalue weighted by molar-refractivity contribution is 6.04. The first-order valence-electron chi connectivity index (χ1n) is 9.51. The maximum absolute atomic E-state index is 12.4. The third-order valence-electron chi connectivity index (χ3n) is 5.03. The fraction of sp³-hybridized carbons (Fsp3) is 0.273. The number of carbonyl (C=O) groups excluding carboxylic acids is 2. The molecule has 0 spiro atoms. The average Bonchev–Trinajstić information content (AvgIpc) is 3.14. The first kappa shape index (κ1) is 18.3. The lowest BCUT2D eigenvalue weighted by atomic mass is 10.0. The summed E-state index contributed by atoms with van der Waals surface area (Å²) in [6, 6.07) is 16.6. The second-order valence-corrected chi connectivity index (χ2v) is 7.22. The first-order valence-corrected chi connectivity index (χ1v) is 9.51. The number of para-hydroxylation sites is 1. The molecule has 3 aromatic rings. The van der Waals surface area contributed by atoms with Gasteiger partial charge in [-0.05, 0) is 42.7 Å². The zero-order valence-electron chi connectivity index (χ0n) is 15.6. The Morgan fingerprint density at radius 1 is 1.14 bits per heavy atom. The van der Waals surface area contributed by atoms with Gasteiger partial charge in [-0.3, -0.25) is 9.59 Å².